The highest BCUT2D eigenvalue weighted by molar-refractivity contribution is 7.89. The summed E-state index contributed by atoms with van der Waals surface area (Å²) in [5.74, 6) is 0.207. The van der Waals surface area contributed by atoms with Crippen LogP contribution in [0, 0.1) is 0 Å². The first kappa shape index (κ1) is 14.6. The maximum atomic E-state index is 11.7. The molecule has 0 atom stereocenters. The molecule has 1 fully saturated rings. The number of nitrogens with one attached hydrogen (secondary N) is 1. The Kier molecular flexibility index (Phi) is 5.55. The van der Waals surface area contributed by atoms with Gasteiger partial charge in [-0.2, -0.15) is 0 Å². The molecule has 0 aliphatic heterocycles. The minimum Gasteiger partial charge on any atom is -0.378 e. The molecule has 1 aliphatic rings. The number of sulfonamides is 1. The second-order valence-corrected chi connectivity index (χ2v) is 6.54. The van der Waals surface area contributed by atoms with E-state index in [0.29, 0.717) is 25.7 Å². The zero-order valence-corrected chi connectivity index (χ0v) is 11.3. The normalized spacial score (nSPS) is 18.9. The highest BCUT2D eigenvalue weighted by atomic mass is 32.2. The van der Waals surface area contributed by atoms with Crippen LogP contribution in [0.1, 0.15) is 39.5 Å². The Hall–Kier alpha value is -0.460. The van der Waals surface area contributed by atoms with Gasteiger partial charge in [-0.15, -0.1) is 0 Å². The predicted molar refractivity (Wildman–Crippen MR) is 65.3 cm³/mol. The van der Waals surface area contributed by atoms with Gasteiger partial charge in [0.1, 0.15) is 5.78 Å². The Morgan fingerprint density at radius 2 is 1.94 bits per heavy atom. The molecule has 1 rings (SSSR count). The van der Waals surface area contributed by atoms with Gasteiger partial charge in [-0.25, -0.2) is 13.1 Å². The summed E-state index contributed by atoms with van der Waals surface area (Å²) < 4.78 is 31.2. The molecule has 0 aromatic carbocycles. The SMILES string of the molecule is CC(C)OCCS(=O)(=O)NC1CCC(=O)CC1. The van der Waals surface area contributed by atoms with Gasteiger partial charge in [0.15, 0.2) is 0 Å². The molecule has 0 unspecified atom stereocenters. The fourth-order valence-electron chi connectivity index (χ4n) is 1.76. The number of ketones is 1. The molecular formula is C11H21NO4S. The number of hydrogen-bond acceptors (Lipinski definition) is 4. The quantitative estimate of drug-likeness (QED) is 0.771. The van der Waals surface area contributed by atoms with E-state index in [1.807, 2.05) is 13.8 Å². The van der Waals surface area contributed by atoms with Crippen molar-refractivity contribution in [3.8, 4) is 0 Å². The fourth-order valence-corrected chi connectivity index (χ4v) is 2.94. The number of carbonyl (C=O) groups is 1. The molecule has 0 heterocycles. The van der Waals surface area contributed by atoms with E-state index in [0.717, 1.165) is 0 Å². The lowest BCUT2D eigenvalue weighted by Crippen LogP contribution is -2.39. The molecule has 1 aliphatic carbocycles. The molecule has 0 bridgehead atoms. The monoisotopic (exact) mass is 263 g/mol. The molecule has 0 aromatic rings. The molecule has 0 saturated heterocycles. The summed E-state index contributed by atoms with van der Waals surface area (Å²) in [6, 6.07) is -0.0863. The number of Topliss-reactive ketones (excluding diaryl/α,β-unsaturated/α-hetero) is 1. The Labute approximate surface area is 103 Å². The minimum atomic E-state index is -3.28. The van der Waals surface area contributed by atoms with E-state index in [1.165, 1.54) is 0 Å². The standard InChI is InChI=1S/C11H21NO4S/c1-9(2)16-7-8-17(14,15)12-10-3-5-11(13)6-4-10/h9-10,12H,3-8H2,1-2H3. The van der Waals surface area contributed by atoms with Gasteiger partial charge in [-0.1, -0.05) is 0 Å². The van der Waals surface area contributed by atoms with E-state index in [-0.39, 0.29) is 30.3 Å². The third-order valence-electron chi connectivity index (χ3n) is 2.69. The summed E-state index contributed by atoms with van der Waals surface area (Å²) in [6.07, 6.45) is 2.23. The van der Waals surface area contributed by atoms with E-state index in [1.54, 1.807) is 0 Å². The van der Waals surface area contributed by atoms with Crippen LogP contribution in [0.3, 0.4) is 0 Å². The third kappa shape index (κ3) is 6.14. The zero-order chi connectivity index (χ0) is 12.9. The van der Waals surface area contributed by atoms with Crippen molar-refractivity contribution in [2.75, 3.05) is 12.4 Å². The maximum Gasteiger partial charge on any atom is 0.214 e. The molecule has 0 amide bonds. The van der Waals surface area contributed by atoms with Gasteiger partial charge in [0, 0.05) is 18.9 Å². The van der Waals surface area contributed by atoms with E-state index >= 15 is 0 Å². The third-order valence-corrected chi connectivity index (χ3v) is 4.09. The van der Waals surface area contributed by atoms with Crippen molar-refractivity contribution in [2.45, 2.75) is 51.7 Å². The topological polar surface area (TPSA) is 72.5 Å². The first-order valence-electron chi connectivity index (χ1n) is 6.02. The van der Waals surface area contributed by atoms with Crippen molar-refractivity contribution in [3.63, 3.8) is 0 Å². The number of rotatable bonds is 6. The number of carbonyl (C=O) groups excluding carboxylic acids is 1. The smallest absolute Gasteiger partial charge is 0.214 e. The lowest BCUT2D eigenvalue weighted by molar-refractivity contribution is -0.120. The molecule has 1 N–H and O–H groups in total. The fraction of sp³-hybridized carbons (Fsp3) is 0.909. The minimum absolute atomic E-state index is 0.0182. The van der Waals surface area contributed by atoms with Crippen molar-refractivity contribution in [3.05, 3.63) is 0 Å². The van der Waals surface area contributed by atoms with Crippen molar-refractivity contribution in [2.24, 2.45) is 0 Å². The van der Waals surface area contributed by atoms with Gasteiger partial charge in [-0.05, 0) is 26.7 Å². The lowest BCUT2D eigenvalue weighted by Gasteiger charge is -2.22. The van der Waals surface area contributed by atoms with E-state index in [2.05, 4.69) is 4.72 Å². The molecule has 1 saturated carbocycles. The Morgan fingerprint density at radius 3 is 2.47 bits per heavy atom. The molecule has 17 heavy (non-hydrogen) atoms. The van der Waals surface area contributed by atoms with Crippen LogP contribution in [0.5, 0.6) is 0 Å². The van der Waals surface area contributed by atoms with Crippen molar-refractivity contribution < 1.29 is 17.9 Å². The van der Waals surface area contributed by atoms with Gasteiger partial charge in [0.05, 0.1) is 18.5 Å². The van der Waals surface area contributed by atoms with Crippen LogP contribution >= 0.6 is 0 Å². The largest absolute Gasteiger partial charge is 0.378 e. The maximum absolute atomic E-state index is 11.7. The van der Waals surface area contributed by atoms with Crippen molar-refractivity contribution >= 4 is 15.8 Å². The Morgan fingerprint density at radius 1 is 1.35 bits per heavy atom. The molecule has 0 radical (unpaired) electrons. The van der Waals surface area contributed by atoms with Crippen molar-refractivity contribution in [1.82, 2.24) is 4.72 Å². The summed E-state index contributed by atoms with van der Waals surface area (Å²) in [6.45, 7) is 3.94. The first-order valence-corrected chi connectivity index (χ1v) is 7.67. The average Bonchev–Trinajstić information content (AvgIpc) is 2.20. The summed E-state index contributed by atoms with van der Waals surface area (Å²) in [5.41, 5.74) is 0. The van der Waals surface area contributed by atoms with Gasteiger partial charge in [-0.3, -0.25) is 4.79 Å². The summed E-state index contributed by atoms with van der Waals surface area (Å²) in [5, 5.41) is 0. The molecule has 0 aromatic heterocycles. The lowest BCUT2D eigenvalue weighted by atomic mass is 9.95. The van der Waals surface area contributed by atoms with E-state index < -0.39 is 10.0 Å². The predicted octanol–water partition coefficient (Wildman–Crippen LogP) is 0.842. The summed E-state index contributed by atoms with van der Waals surface area (Å²) in [4.78, 5) is 11.0. The summed E-state index contributed by atoms with van der Waals surface area (Å²) >= 11 is 0. The second kappa shape index (κ2) is 6.47. The van der Waals surface area contributed by atoms with Crippen LogP contribution < -0.4 is 4.72 Å². The van der Waals surface area contributed by atoms with Crippen LogP contribution in [0.2, 0.25) is 0 Å². The Bertz CT molecular complexity index is 340. The molecule has 100 valence electrons. The van der Waals surface area contributed by atoms with Crippen molar-refractivity contribution in [1.29, 1.82) is 0 Å². The van der Waals surface area contributed by atoms with Crippen LogP contribution in [-0.4, -0.2) is 38.7 Å². The van der Waals surface area contributed by atoms with Gasteiger partial charge in [0.25, 0.3) is 0 Å². The van der Waals surface area contributed by atoms with Crippen LogP contribution in [0.4, 0.5) is 0 Å². The summed E-state index contributed by atoms with van der Waals surface area (Å²) in [7, 11) is -3.28. The van der Waals surface area contributed by atoms with Gasteiger partial charge in [0.2, 0.25) is 10.0 Å². The van der Waals surface area contributed by atoms with Crippen LogP contribution in [0.25, 0.3) is 0 Å². The zero-order valence-electron chi connectivity index (χ0n) is 10.4. The van der Waals surface area contributed by atoms with Crippen LogP contribution in [-0.2, 0) is 19.6 Å². The van der Waals surface area contributed by atoms with Crippen LogP contribution in [0.15, 0.2) is 0 Å². The van der Waals surface area contributed by atoms with Gasteiger partial charge < -0.3 is 4.74 Å². The average molecular weight is 263 g/mol. The van der Waals surface area contributed by atoms with E-state index in [4.69, 9.17) is 4.74 Å². The number of hydrogen-bond donors (Lipinski definition) is 1. The molecule has 6 heteroatoms. The second-order valence-electron chi connectivity index (χ2n) is 4.67. The highest BCUT2D eigenvalue weighted by Crippen LogP contribution is 2.15. The highest BCUT2D eigenvalue weighted by Gasteiger charge is 2.23. The molecule has 5 nitrogen and oxygen atoms in total. The number of ether oxygens (including phenoxy) is 1. The Balaban J connectivity index is 2.31. The van der Waals surface area contributed by atoms with E-state index in [9.17, 15) is 13.2 Å². The molecule has 0 spiro atoms. The van der Waals surface area contributed by atoms with Gasteiger partial charge >= 0.3 is 0 Å². The molecular weight excluding hydrogens is 242 g/mol. The first-order chi connectivity index (χ1) is 7.89.